The van der Waals surface area contributed by atoms with Crippen LogP contribution < -0.4 is 5.32 Å². The van der Waals surface area contributed by atoms with Crippen molar-refractivity contribution in [3.05, 3.63) is 70.3 Å². The second-order valence-electron chi connectivity index (χ2n) is 6.78. The second-order valence-corrected chi connectivity index (χ2v) is 6.78. The molecule has 3 atom stereocenters. The summed E-state index contributed by atoms with van der Waals surface area (Å²) < 4.78 is 0. The molecule has 0 bridgehead atoms. The maximum absolute atomic E-state index is 3.59. The monoisotopic (exact) mass is 277 g/mol. The number of hydrogen-bond acceptors (Lipinski definition) is 1. The second kappa shape index (κ2) is 4.99. The van der Waals surface area contributed by atoms with Gasteiger partial charge in [0.1, 0.15) is 0 Å². The van der Waals surface area contributed by atoms with Crippen LogP contribution >= 0.6 is 0 Å². The van der Waals surface area contributed by atoms with Crippen molar-refractivity contribution in [2.24, 2.45) is 5.92 Å². The summed E-state index contributed by atoms with van der Waals surface area (Å²) in [6.07, 6.45) is 1.29. The molecule has 1 N–H and O–H groups in total. The van der Waals surface area contributed by atoms with Gasteiger partial charge in [-0.2, -0.15) is 0 Å². The Balaban J connectivity index is 1.85. The minimum atomic E-state index is 0.590. The Morgan fingerprint density at radius 3 is 2.48 bits per heavy atom. The van der Waals surface area contributed by atoms with E-state index in [1.54, 1.807) is 11.1 Å². The molecule has 1 heteroatoms. The predicted molar refractivity (Wildman–Crippen MR) is 87.9 cm³/mol. The summed E-state index contributed by atoms with van der Waals surface area (Å²) in [5.41, 5.74) is 7.41. The van der Waals surface area contributed by atoms with Gasteiger partial charge in [-0.05, 0) is 49.4 Å². The van der Waals surface area contributed by atoms with Crippen LogP contribution in [0.2, 0.25) is 0 Å². The Kier molecular flexibility index (Phi) is 3.11. The highest BCUT2D eigenvalue weighted by molar-refractivity contribution is 5.48. The highest BCUT2D eigenvalue weighted by atomic mass is 14.9. The molecule has 0 saturated carbocycles. The molecule has 1 heterocycles. The molecule has 0 amide bonds. The average molecular weight is 277 g/mol. The van der Waals surface area contributed by atoms with E-state index in [2.05, 4.69) is 61.6 Å². The first kappa shape index (κ1) is 13.1. The molecule has 1 nitrogen and oxygen atoms in total. The molecule has 2 aromatic carbocycles. The zero-order chi connectivity index (χ0) is 14.4. The van der Waals surface area contributed by atoms with E-state index in [0.29, 0.717) is 11.8 Å². The van der Waals surface area contributed by atoms with Crippen LogP contribution in [-0.2, 0) is 0 Å². The van der Waals surface area contributed by atoms with E-state index < -0.39 is 0 Å². The van der Waals surface area contributed by atoms with Gasteiger partial charge < -0.3 is 5.32 Å². The number of rotatable bonds is 1. The molecule has 2 aromatic rings. The summed E-state index contributed by atoms with van der Waals surface area (Å²) in [4.78, 5) is 0. The Morgan fingerprint density at radius 2 is 1.67 bits per heavy atom. The molecule has 1 aliphatic heterocycles. The first-order chi connectivity index (χ1) is 10.2. The number of benzene rings is 2. The lowest BCUT2D eigenvalue weighted by Gasteiger charge is -2.30. The van der Waals surface area contributed by atoms with Crippen LogP contribution in [0.25, 0.3) is 0 Å². The number of fused-ring (bicyclic) bond motifs is 3. The van der Waals surface area contributed by atoms with Gasteiger partial charge in [-0.3, -0.25) is 0 Å². The molecule has 0 spiro atoms. The first-order valence-corrected chi connectivity index (χ1v) is 8.12. The third-order valence-electron chi connectivity index (χ3n) is 5.38. The Labute approximate surface area is 127 Å². The van der Waals surface area contributed by atoms with Crippen LogP contribution in [0.5, 0.6) is 0 Å². The molecule has 1 saturated heterocycles. The van der Waals surface area contributed by atoms with E-state index in [4.69, 9.17) is 0 Å². The van der Waals surface area contributed by atoms with Gasteiger partial charge in [0, 0.05) is 18.4 Å². The molecule has 4 rings (SSSR count). The Morgan fingerprint density at radius 1 is 0.905 bits per heavy atom. The zero-order valence-corrected chi connectivity index (χ0v) is 12.9. The topological polar surface area (TPSA) is 12.0 Å². The van der Waals surface area contributed by atoms with Crippen LogP contribution in [0.4, 0.5) is 0 Å². The number of aryl methyl sites for hydroxylation is 2. The van der Waals surface area contributed by atoms with Crippen LogP contribution in [-0.4, -0.2) is 13.1 Å². The van der Waals surface area contributed by atoms with Crippen LogP contribution in [0.15, 0.2) is 42.5 Å². The third-order valence-corrected chi connectivity index (χ3v) is 5.38. The van der Waals surface area contributed by atoms with Gasteiger partial charge >= 0.3 is 0 Å². The molecule has 1 fully saturated rings. The third kappa shape index (κ3) is 2.11. The van der Waals surface area contributed by atoms with Gasteiger partial charge in [0.05, 0.1) is 0 Å². The van der Waals surface area contributed by atoms with Gasteiger partial charge in [0.25, 0.3) is 0 Å². The molecule has 0 aromatic heterocycles. The van der Waals surface area contributed by atoms with Gasteiger partial charge in [0.2, 0.25) is 0 Å². The van der Waals surface area contributed by atoms with Crippen molar-refractivity contribution in [2.75, 3.05) is 13.1 Å². The maximum atomic E-state index is 3.59. The summed E-state index contributed by atoms with van der Waals surface area (Å²) in [7, 11) is 0. The van der Waals surface area contributed by atoms with Crippen LogP contribution in [0.3, 0.4) is 0 Å². The Hall–Kier alpha value is -1.60. The van der Waals surface area contributed by atoms with Gasteiger partial charge in [-0.15, -0.1) is 0 Å². The molecular weight excluding hydrogens is 254 g/mol. The predicted octanol–water partition coefficient (Wildman–Crippen LogP) is 4.14. The van der Waals surface area contributed by atoms with Crippen molar-refractivity contribution in [3.8, 4) is 0 Å². The minimum Gasteiger partial charge on any atom is -0.316 e. The normalized spacial score (nSPS) is 27.2. The highest BCUT2D eigenvalue weighted by Gasteiger charge is 2.42. The highest BCUT2D eigenvalue weighted by Crippen LogP contribution is 2.52. The van der Waals surface area contributed by atoms with E-state index in [1.807, 2.05) is 0 Å². The fraction of sp³-hybridized carbons (Fsp3) is 0.400. The van der Waals surface area contributed by atoms with Gasteiger partial charge in [-0.1, -0.05) is 53.6 Å². The fourth-order valence-electron chi connectivity index (χ4n) is 4.35. The van der Waals surface area contributed by atoms with E-state index >= 15 is 0 Å². The summed E-state index contributed by atoms with van der Waals surface area (Å²) in [6, 6.07) is 16.3. The first-order valence-electron chi connectivity index (χ1n) is 8.12. The quantitative estimate of drug-likeness (QED) is 0.826. The lowest BCUT2D eigenvalue weighted by Crippen LogP contribution is -2.34. The van der Waals surface area contributed by atoms with Crippen molar-refractivity contribution in [2.45, 2.75) is 32.1 Å². The maximum Gasteiger partial charge on any atom is 0.0127 e. The van der Waals surface area contributed by atoms with Gasteiger partial charge in [0.15, 0.2) is 0 Å². The zero-order valence-electron chi connectivity index (χ0n) is 12.9. The molecule has 0 radical (unpaired) electrons. The van der Waals surface area contributed by atoms with E-state index in [9.17, 15) is 0 Å². The van der Waals surface area contributed by atoms with Crippen LogP contribution in [0.1, 0.15) is 46.1 Å². The molecular formula is C20H23N. The number of piperidine rings is 1. The summed E-state index contributed by atoms with van der Waals surface area (Å²) in [5, 5.41) is 3.59. The van der Waals surface area contributed by atoms with Crippen molar-refractivity contribution < 1.29 is 0 Å². The van der Waals surface area contributed by atoms with Gasteiger partial charge in [-0.25, -0.2) is 0 Å². The molecule has 1 aliphatic carbocycles. The van der Waals surface area contributed by atoms with E-state index in [-0.39, 0.29) is 0 Å². The SMILES string of the molecule is Cc1ccc([C@@H]2c3cc(C)ccc3[C@H]3CNCC[C@@H]23)cc1. The summed E-state index contributed by atoms with van der Waals surface area (Å²) in [5.74, 6) is 2.05. The lowest BCUT2D eigenvalue weighted by atomic mass is 9.78. The van der Waals surface area contributed by atoms with Crippen LogP contribution in [0, 0.1) is 19.8 Å². The van der Waals surface area contributed by atoms with E-state index in [1.165, 1.54) is 23.1 Å². The fourth-order valence-corrected chi connectivity index (χ4v) is 4.35. The summed E-state index contributed by atoms with van der Waals surface area (Å²) in [6.45, 7) is 6.69. The molecule has 21 heavy (non-hydrogen) atoms. The summed E-state index contributed by atoms with van der Waals surface area (Å²) >= 11 is 0. The van der Waals surface area contributed by atoms with Crippen molar-refractivity contribution in [1.29, 1.82) is 0 Å². The molecule has 108 valence electrons. The standard InChI is InChI=1S/C20H23N/c1-13-3-6-15(7-4-13)20-17-9-10-21-12-19(17)16-8-5-14(2)11-18(16)20/h3-8,11,17,19-21H,9-10,12H2,1-2H3/t17-,19-,20+/m1/s1. The van der Waals surface area contributed by atoms with Crippen molar-refractivity contribution >= 4 is 0 Å². The largest absolute Gasteiger partial charge is 0.316 e. The van der Waals surface area contributed by atoms with E-state index in [0.717, 1.165) is 19.0 Å². The molecule has 2 aliphatic rings. The average Bonchev–Trinajstić information content (AvgIpc) is 2.82. The van der Waals surface area contributed by atoms with Crippen molar-refractivity contribution in [1.82, 2.24) is 5.32 Å². The number of nitrogens with one attached hydrogen (secondary N) is 1. The lowest BCUT2D eigenvalue weighted by molar-refractivity contribution is 0.324. The smallest absolute Gasteiger partial charge is 0.0127 e. The molecule has 0 unspecified atom stereocenters. The number of hydrogen-bond donors (Lipinski definition) is 1. The minimum absolute atomic E-state index is 0.590. The van der Waals surface area contributed by atoms with Crippen molar-refractivity contribution in [3.63, 3.8) is 0 Å². The Bertz CT molecular complexity index is 656.